The molecule has 1 fully saturated rings. The van der Waals surface area contributed by atoms with Gasteiger partial charge in [-0.05, 0) is 24.3 Å². The molecule has 2 aliphatic rings. The molecule has 0 saturated carbocycles. The van der Waals surface area contributed by atoms with Gasteiger partial charge in [0.2, 0.25) is 5.91 Å². The molecule has 26 heavy (non-hydrogen) atoms. The Labute approximate surface area is 150 Å². The van der Waals surface area contributed by atoms with Gasteiger partial charge in [-0.2, -0.15) is 0 Å². The summed E-state index contributed by atoms with van der Waals surface area (Å²) >= 11 is 0. The van der Waals surface area contributed by atoms with E-state index >= 15 is 0 Å². The third-order valence-electron chi connectivity index (χ3n) is 4.60. The number of carbonyl (C=O) groups excluding carboxylic acids is 1. The van der Waals surface area contributed by atoms with E-state index in [0.717, 1.165) is 0 Å². The lowest BCUT2D eigenvalue weighted by molar-refractivity contribution is -0.145. The fourth-order valence-electron chi connectivity index (χ4n) is 3.41. The monoisotopic (exact) mass is 351 g/mol. The summed E-state index contributed by atoms with van der Waals surface area (Å²) in [5.74, 6) is -1.95. The van der Waals surface area contributed by atoms with Gasteiger partial charge in [-0.3, -0.25) is 9.59 Å². The molecule has 1 amide bonds. The first-order valence-electron chi connectivity index (χ1n) is 8.33. The third-order valence-corrected chi connectivity index (χ3v) is 4.60. The standard InChI is InChI=1S/C20H17NO5/c22-19(17-15-10-11-16(26-15)18(17)20(23)24)21-13-8-4-5-9-14(13)25-12-6-2-1-3-7-12/h1-11,15-18H,(H,21,22)(H,23,24)/t15-,16-,17+,18+/m1/s1. The van der Waals surface area contributed by atoms with Crippen LogP contribution in [-0.4, -0.2) is 29.2 Å². The van der Waals surface area contributed by atoms with E-state index in [4.69, 9.17) is 9.47 Å². The van der Waals surface area contributed by atoms with E-state index < -0.39 is 35.9 Å². The molecule has 0 aliphatic carbocycles. The Morgan fingerprint density at radius 3 is 2.31 bits per heavy atom. The van der Waals surface area contributed by atoms with Crippen molar-refractivity contribution in [2.75, 3.05) is 5.32 Å². The van der Waals surface area contributed by atoms with Gasteiger partial charge < -0.3 is 19.9 Å². The maximum Gasteiger partial charge on any atom is 0.310 e. The van der Waals surface area contributed by atoms with Gasteiger partial charge in [-0.25, -0.2) is 0 Å². The minimum atomic E-state index is -1.03. The van der Waals surface area contributed by atoms with Crippen LogP contribution in [0.5, 0.6) is 11.5 Å². The maximum atomic E-state index is 12.8. The number of rotatable bonds is 5. The molecule has 4 atom stereocenters. The number of amides is 1. The fraction of sp³-hybridized carbons (Fsp3) is 0.200. The molecule has 2 aromatic carbocycles. The van der Waals surface area contributed by atoms with Gasteiger partial charge in [0.15, 0.2) is 5.75 Å². The molecule has 2 aromatic rings. The third kappa shape index (κ3) is 2.95. The Morgan fingerprint density at radius 1 is 0.923 bits per heavy atom. The summed E-state index contributed by atoms with van der Waals surface area (Å²) in [6.45, 7) is 0. The van der Waals surface area contributed by atoms with Gasteiger partial charge in [0.25, 0.3) is 0 Å². The Morgan fingerprint density at radius 2 is 1.58 bits per heavy atom. The number of carboxylic acids is 1. The van der Waals surface area contributed by atoms with Crippen LogP contribution in [0.3, 0.4) is 0 Å². The molecular formula is C20H17NO5. The number of hydrogen-bond acceptors (Lipinski definition) is 4. The van der Waals surface area contributed by atoms with Crippen LogP contribution in [0, 0.1) is 11.8 Å². The first-order chi connectivity index (χ1) is 12.6. The van der Waals surface area contributed by atoms with Crippen molar-refractivity contribution in [3.63, 3.8) is 0 Å². The molecule has 132 valence electrons. The predicted octanol–water partition coefficient (Wildman–Crippen LogP) is 3.07. The van der Waals surface area contributed by atoms with E-state index in [1.165, 1.54) is 0 Å². The molecule has 2 N–H and O–H groups in total. The van der Waals surface area contributed by atoms with E-state index in [0.29, 0.717) is 17.2 Å². The second kappa shape index (κ2) is 6.65. The lowest BCUT2D eigenvalue weighted by Crippen LogP contribution is -2.39. The average molecular weight is 351 g/mol. The highest BCUT2D eigenvalue weighted by Gasteiger charge is 2.53. The van der Waals surface area contributed by atoms with Crippen molar-refractivity contribution >= 4 is 17.6 Å². The summed E-state index contributed by atoms with van der Waals surface area (Å²) in [7, 11) is 0. The smallest absolute Gasteiger partial charge is 0.310 e. The zero-order valence-electron chi connectivity index (χ0n) is 13.7. The molecule has 0 spiro atoms. The van der Waals surface area contributed by atoms with Gasteiger partial charge in [0.05, 0.1) is 23.8 Å². The van der Waals surface area contributed by atoms with E-state index in [1.807, 2.05) is 30.3 Å². The van der Waals surface area contributed by atoms with Gasteiger partial charge in [-0.1, -0.05) is 42.5 Å². The van der Waals surface area contributed by atoms with Crippen LogP contribution in [0.1, 0.15) is 0 Å². The van der Waals surface area contributed by atoms with Crippen molar-refractivity contribution in [1.82, 2.24) is 0 Å². The number of carbonyl (C=O) groups is 2. The number of hydrogen-bond donors (Lipinski definition) is 2. The lowest BCUT2D eigenvalue weighted by atomic mass is 9.82. The van der Waals surface area contributed by atoms with Gasteiger partial charge in [0.1, 0.15) is 11.7 Å². The fourth-order valence-corrected chi connectivity index (χ4v) is 3.41. The van der Waals surface area contributed by atoms with Gasteiger partial charge in [0, 0.05) is 0 Å². The Kier molecular flexibility index (Phi) is 4.18. The average Bonchev–Trinajstić information content (AvgIpc) is 3.25. The zero-order valence-corrected chi connectivity index (χ0v) is 13.7. The largest absolute Gasteiger partial charge is 0.481 e. The number of benzene rings is 2. The summed E-state index contributed by atoms with van der Waals surface area (Å²) in [6, 6.07) is 16.3. The first-order valence-corrected chi connectivity index (χ1v) is 8.33. The van der Waals surface area contributed by atoms with E-state index in [-0.39, 0.29) is 0 Å². The lowest BCUT2D eigenvalue weighted by Gasteiger charge is -2.21. The molecule has 2 aliphatic heterocycles. The molecule has 2 bridgehead atoms. The van der Waals surface area contributed by atoms with Crippen molar-refractivity contribution in [2.24, 2.45) is 11.8 Å². The number of fused-ring (bicyclic) bond motifs is 2. The molecular weight excluding hydrogens is 334 g/mol. The highest BCUT2D eigenvalue weighted by Crippen LogP contribution is 2.40. The highest BCUT2D eigenvalue weighted by atomic mass is 16.5. The van der Waals surface area contributed by atoms with Crippen molar-refractivity contribution in [2.45, 2.75) is 12.2 Å². The number of anilines is 1. The normalized spacial score (nSPS) is 25.8. The molecule has 2 heterocycles. The molecule has 0 radical (unpaired) electrons. The van der Waals surface area contributed by atoms with Crippen LogP contribution < -0.4 is 10.1 Å². The van der Waals surface area contributed by atoms with Gasteiger partial charge >= 0.3 is 5.97 Å². The minimum absolute atomic E-state index is 0.390. The van der Waals surface area contributed by atoms with E-state index in [1.54, 1.807) is 36.4 Å². The molecule has 1 saturated heterocycles. The van der Waals surface area contributed by atoms with Crippen LogP contribution in [0.15, 0.2) is 66.7 Å². The summed E-state index contributed by atoms with van der Waals surface area (Å²) in [4.78, 5) is 24.3. The summed E-state index contributed by atoms with van der Waals surface area (Å²) in [5.41, 5.74) is 0.484. The minimum Gasteiger partial charge on any atom is -0.481 e. The van der Waals surface area contributed by atoms with Crippen LogP contribution >= 0.6 is 0 Å². The molecule has 6 heteroatoms. The SMILES string of the molecule is O=C(O)[C@@H]1[C@@H](C(=O)Nc2ccccc2Oc2ccccc2)[C@H]2C=C[C@H]1O2. The Balaban J connectivity index is 1.55. The molecule has 4 rings (SSSR count). The number of para-hydroxylation sites is 3. The number of aliphatic carboxylic acids is 1. The highest BCUT2D eigenvalue weighted by molar-refractivity contribution is 5.97. The number of carboxylic acid groups (broad SMARTS) is 1. The second-order valence-corrected chi connectivity index (χ2v) is 6.24. The van der Waals surface area contributed by atoms with E-state index in [2.05, 4.69) is 5.32 Å². The van der Waals surface area contributed by atoms with Crippen LogP contribution in [0.4, 0.5) is 5.69 Å². The summed E-state index contributed by atoms with van der Waals surface area (Å²) in [5, 5.41) is 12.3. The van der Waals surface area contributed by atoms with Crippen LogP contribution in [0.2, 0.25) is 0 Å². The number of nitrogens with one attached hydrogen (secondary N) is 1. The first kappa shape index (κ1) is 16.4. The van der Waals surface area contributed by atoms with Crippen molar-refractivity contribution in [3.05, 3.63) is 66.7 Å². The van der Waals surface area contributed by atoms with Crippen molar-refractivity contribution in [3.8, 4) is 11.5 Å². The second-order valence-electron chi connectivity index (χ2n) is 6.24. The molecule has 0 aromatic heterocycles. The van der Waals surface area contributed by atoms with E-state index in [9.17, 15) is 14.7 Å². The quantitative estimate of drug-likeness (QED) is 0.809. The Hall–Kier alpha value is -3.12. The van der Waals surface area contributed by atoms with Crippen molar-refractivity contribution < 1.29 is 24.2 Å². The molecule has 0 unspecified atom stereocenters. The maximum absolute atomic E-state index is 12.8. The molecule has 6 nitrogen and oxygen atoms in total. The zero-order chi connectivity index (χ0) is 18.1. The predicted molar refractivity (Wildman–Crippen MR) is 94.0 cm³/mol. The summed E-state index contributed by atoms with van der Waals surface area (Å²) in [6.07, 6.45) is 2.40. The van der Waals surface area contributed by atoms with Crippen molar-refractivity contribution in [1.29, 1.82) is 0 Å². The number of ether oxygens (including phenoxy) is 2. The van der Waals surface area contributed by atoms with Crippen LogP contribution in [0.25, 0.3) is 0 Å². The Bertz CT molecular complexity index is 864. The van der Waals surface area contributed by atoms with Crippen LogP contribution in [-0.2, 0) is 14.3 Å². The topological polar surface area (TPSA) is 84.9 Å². The summed E-state index contributed by atoms with van der Waals surface area (Å²) < 4.78 is 11.4. The van der Waals surface area contributed by atoms with Gasteiger partial charge in [-0.15, -0.1) is 0 Å².